The molecule has 0 spiro atoms. The van der Waals surface area contributed by atoms with Crippen molar-refractivity contribution in [1.29, 1.82) is 0 Å². The molecule has 4 nitrogen and oxygen atoms in total. The number of esters is 1. The second kappa shape index (κ2) is 6.49. The molecular weight excluding hydrogens is 425 g/mol. The average molecular weight is 429 g/mol. The van der Waals surface area contributed by atoms with Crippen molar-refractivity contribution < 1.29 is 43.7 Å². The van der Waals surface area contributed by atoms with Gasteiger partial charge in [0.2, 0.25) is 0 Å². The van der Waals surface area contributed by atoms with Crippen LogP contribution in [0.5, 0.6) is 5.75 Å². The van der Waals surface area contributed by atoms with E-state index in [1.807, 2.05) is 0 Å². The van der Waals surface area contributed by atoms with E-state index in [0.29, 0.717) is 0 Å². The fraction of sp³-hybridized carbons (Fsp3) is 0.200. The molecule has 1 radical (unpaired) electrons. The summed E-state index contributed by atoms with van der Waals surface area (Å²) in [6.45, 7) is 0. The molecule has 0 aliphatic carbocycles. The number of alkyl halides is 6. The summed E-state index contributed by atoms with van der Waals surface area (Å²) >= 11 is -1.89. The monoisotopic (exact) mass is 429 g/mol. The first-order chi connectivity index (χ1) is 9.50. The van der Waals surface area contributed by atoms with Gasteiger partial charge in [0.25, 0.3) is 0 Å². The Balaban J connectivity index is 2.69. The van der Waals surface area contributed by atoms with Gasteiger partial charge in [0.15, 0.2) is 0 Å². The Kier molecular flexibility index (Phi) is 5.42. The van der Waals surface area contributed by atoms with Crippen LogP contribution in [0.4, 0.5) is 26.3 Å². The van der Waals surface area contributed by atoms with Gasteiger partial charge in [0.05, 0.1) is 0 Å². The zero-order valence-electron chi connectivity index (χ0n) is 9.59. The number of halogens is 7. The highest BCUT2D eigenvalue weighted by molar-refractivity contribution is 14.2. The molecule has 11 heteroatoms. The molecule has 0 amide bonds. The van der Waals surface area contributed by atoms with Crippen molar-refractivity contribution in [3.8, 4) is 5.75 Å². The molecule has 0 heterocycles. The predicted molar refractivity (Wildman–Crippen MR) is 63.0 cm³/mol. The van der Waals surface area contributed by atoms with Crippen LogP contribution in [-0.2, 0) is 12.7 Å². The SMILES string of the molecule is O=C(O[I]c1cccc(OC(=O)C(F)(F)F)c1)C(F)(F)F. The highest BCUT2D eigenvalue weighted by Crippen LogP contribution is 2.30. The topological polar surface area (TPSA) is 52.6 Å². The second-order valence-electron chi connectivity index (χ2n) is 3.28. The minimum atomic E-state index is -5.20. The third kappa shape index (κ3) is 5.77. The van der Waals surface area contributed by atoms with Crippen molar-refractivity contribution in [1.82, 2.24) is 0 Å². The molecule has 0 saturated carbocycles. The summed E-state index contributed by atoms with van der Waals surface area (Å²) in [5, 5.41) is 0. The molecule has 21 heavy (non-hydrogen) atoms. The second-order valence-corrected chi connectivity index (χ2v) is 5.41. The zero-order chi connectivity index (χ0) is 16.3. The Labute approximate surface area is 123 Å². The summed E-state index contributed by atoms with van der Waals surface area (Å²) in [6, 6.07) is 4.26. The fourth-order valence-electron chi connectivity index (χ4n) is 0.867. The van der Waals surface area contributed by atoms with Crippen molar-refractivity contribution in [3.63, 3.8) is 0 Å². The van der Waals surface area contributed by atoms with E-state index in [1.54, 1.807) is 0 Å². The molecule has 0 aromatic heterocycles. The number of ether oxygens (including phenoxy) is 1. The lowest BCUT2D eigenvalue weighted by Gasteiger charge is -2.08. The summed E-state index contributed by atoms with van der Waals surface area (Å²) in [4.78, 5) is 21.0. The number of hydrogen-bond acceptors (Lipinski definition) is 4. The number of rotatable bonds is 3. The molecule has 0 aliphatic heterocycles. The van der Waals surface area contributed by atoms with Gasteiger partial charge in [-0.25, -0.2) is 9.59 Å². The van der Waals surface area contributed by atoms with E-state index in [4.69, 9.17) is 0 Å². The van der Waals surface area contributed by atoms with Crippen LogP contribution >= 0.6 is 21.6 Å². The number of benzene rings is 1. The van der Waals surface area contributed by atoms with E-state index in [1.165, 1.54) is 6.07 Å². The van der Waals surface area contributed by atoms with Gasteiger partial charge in [-0.1, -0.05) is 6.07 Å². The predicted octanol–water partition coefficient (Wildman–Crippen LogP) is 3.32. The summed E-state index contributed by atoms with van der Waals surface area (Å²) in [7, 11) is 0. The van der Waals surface area contributed by atoms with Gasteiger partial charge in [-0.3, -0.25) is 0 Å². The fourth-order valence-corrected chi connectivity index (χ4v) is 2.36. The summed E-state index contributed by atoms with van der Waals surface area (Å²) in [5.41, 5.74) is 0. The maximum Gasteiger partial charge on any atom is 0.491 e. The minimum Gasteiger partial charge on any atom is -0.420 e. The molecule has 117 valence electrons. The first-order valence-corrected chi connectivity index (χ1v) is 6.78. The van der Waals surface area contributed by atoms with Crippen LogP contribution < -0.4 is 4.74 Å². The number of hydrogen-bond donors (Lipinski definition) is 0. The van der Waals surface area contributed by atoms with Crippen LogP contribution in [0.1, 0.15) is 0 Å². The van der Waals surface area contributed by atoms with E-state index in [9.17, 15) is 35.9 Å². The minimum absolute atomic E-state index is 0.0267. The van der Waals surface area contributed by atoms with Crippen molar-refractivity contribution in [2.45, 2.75) is 12.4 Å². The standard InChI is InChI=1S/C10H4F6IO4/c11-9(12,13)7(18)20-6-3-1-2-5(4-6)17-21-8(19)10(14,15)16/h1-4H. The number of carbonyl (C=O) groups is 2. The zero-order valence-corrected chi connectivity index (χ0v) is 11.7. The molecule has 1 aromatic rings. The van der Waals surface area contributed by atoms with Crippen molar-refractivity contribution >= 4 is 33.6 Å². The van der Waals surface area contributed by atoms with Gasteiger partial charge in [-0.15, -0.1) is 0 Å². The molecule has 1 aromatic carbocycles. The van der Waals surface area contributed by atoms with Gasteiger partial charge < -0.3 is 7.80 Å². The Morgan fingerprint density at radius 2 is 1.52 bits per heavy atom. The van der Waals surface area contributed by atoms with Gasteiger partial charge >= 0.3 is 24.3 Å². The molecular formula is C10H4F6IO4. The molecule has 0 unspecified atom stereocenters. The van der Waals surface area contributed by atoms with Gasteiger partial charge in [0.1, 0.15) is 27.4 Å². The van der Waals surface area contributed by atoms with E-state index >= 15 is 0 Å². The van der Waals surface area contributed by atoms with Crippen molar-refractivity contribution in [2.24, 2.45) is 0 Å². The molecule has 1 rings (SSSR count). The quantitative estimate of drug-likeness (QED) is 0.321. The smallest absolute Gasteiger partial charge is 0.420 e. The van der Waals surface area contributed by atoms with Gasteiger partial charge in [-0.2, -0.15) is 26.3 Å². The number of carbonyl (C=O) groups excluding carboxylic acids is 2. The molecule has 0 aliphatic rings. The maximum absolute atomic E-state index is 12.0. The van der Waals surface area contributed by atoms with E-state index in [-0.39, 0.29) is 3.57 Å². The third-order valence-electron chi connectivity index (χ3n) is 1.67. The highest BCUT2D eigenvalue weighted by Gasteiger charge is 2.42. The third-order valence-corrected chi connectivity index (χ3v) is 3.47. The van der Waals surface area contributed by atoms with Crippen LogP contribution in [0, 0.1) is 3.57 Å². The molecule has 0 N–H and O–H groups in total. The summed E-state index contributed by atoms with van der Waals surface area (Å²) in [5.74, 6) is -5.38. The molecule has 0 fully saturated rings. The largest absolute Gasteiger partial charge is 0.491 e. The van der Waals surface area contributed by atoms with E-state index in [0.717, 1.165) is 18.2 Å². The average Bonchev–Trinajstić information content (AvgIpc) is 2.34. The normalized spacial score (nSPS) is 11.9. The highest BCUT2D eigenvalue weighted by atomic mass is 127. The van der Waals surface area contributed by atoms with Crippen LogP contribution in [0.2, 0.25) is 0 Å². The Hall–Kier alpha value is -1.53. The summed E-state index contributed by atoms with van der Waals surface area (Å²) in [6.07, 6.45) is -10.4. The van der Waals surface area contributed by atoms with Crippen LogP contribution in [0.25, 0.3) is 0 Å². The molecule has 0 saturated heterocycles. The van der Waals surface area contributed by atoms with E-state index in [2.05, 4.69) is 7.80 Å². The first-order valence-electron chi connectivity index (χ1n) is 4.82. The van der Waals surface area contributed by atoms with Gasteiger partial charge in [-0.05, 0) is 18.2 Å². The lowest BCUT2D eigenvalue weighted by Crippen LogP contribution is -2.27. The van der Waals surface area contributed by atoms with E-state index < -0.39 is 51.7 Å². The molecule has 0 atom stereocenters. The van der Waals surface area contributed by atoms with Crippen molar-refractivity contribution in [2.75, 3.05) is 0 Å². The lowest BCUT2D eigenvalue weighted by atomic mass is 10.3. The lowest BCUT2D eigenvalue weighted by molar-refractivity contribution is -0.189. The van der Waals surface area contributed by atoms with Gasteiger partial charge in [0, 0.05) is 3.57 Å². The first kappa shape index (κ1) is 17.5. The van der Waals surface area contributed by atoms with Crippen LogP contribution in [0.3, 0.4) is 0 Å². The maximum atomic E-state index is 12.0. The Bertz CT molecular complexity index is 539. The van der Waals surface area contributed by atoms with Crippen LogP contribution in [0.15, 0.2) is 24.3 Å². The van der Waals surface area contributed by atoms with Crippen molar-refractivity contribution in [3.05, 3.63) is 27.8 Å². The Morgan fingerprint density at radius 3 is 2.05 bits per heavy atom. The van der Waals surface area contributed by atoms with Crippen LogP contribution in [-0.4, -0.2) is 24.3 Å². The Morgan fingerprint density at radius 1 is 0.952 bits per heavy atom. The summed E-state index contributed by atoms with van der Waals surface area (Å²) < 4.78 is 79.5. The molecule has 0 bridgehead atoms.